The monoisotopic (exact) mass is 514 g/mol. The Morgan fingerprint density at radius 2 is 1.66 bits per heavy atom. The summed E-state index contributed by atoms with van der Waals surface area (Å²) in [6.45, 7) is 11.7. The minimum Gasteiger partial charge on any atom is -0.378 e. The van der Waals surface area contributed by atoms with Crippen molar-refractivity contribution in [3.8, 4) is 0 Å². The summed E-state index contributed by atoms with van der Waals surface area (Å²) < 4.78 is 5.75. The molecule has 2 aliphatic rings. The third kappa shape index (κ3) is 7.72. The van der Waals surface area contributed by atoms with Crippen LogP contribution in [0.15, 0.2) is 29.3 Å². The third-order valence-corrected chi connectivity index (χ3v) is 6.11. The molecule has 1 N–H and O–H groups in total. The Bertz CT molecular complexity index is 606. The fourth-order valence-electron chi connectivity index (χ4n) is 4.22. The second kappa shape index (κ2) is 12.7. The molecule has 0 bridgehead atoms. The minimum absolute atomic E-state index is 0. The first-order chi connectivity index (χ1) is 13.7. The molecule has 0 amide bonds. The second-order valence-corrected chi connectivity index (χ2v) is 8.32. The Labute approximate surface area is 194 Å². The van der Waals surface area contributed by atoms with Crippen molar-refractivity contribution < 1.29 is 4.74 Å². The van der Waals surface area contributed by atoms with E-state index in [2.05, 4.69) is 58.2 Å². The summed E-state index contributed by atoms with van der Waals surface area (Å²) in [4.78, 5) is 9.42. The Balaban J connectivity index is 0.00000300. The topological polar surface area (TPSA) is 40.1 Å². The van der Waals surface area contributed by atoms with E-state index in [1.165, 1.54) is 37.1 Å². The van der Waals surface area contributed by atoms with Crippen molar-refractivity contribution in [2.45, 2.75) is 58.7 Å². The van der Waals surface area contributed by atoms with Crippen molar-refractivity contribution in [1.29, 1.82) is 0 Å². The number of hydrogen-bond acceptors (Lipinski definition) is 3. The molecule has 6 heteroatoms. The number of aliphatic imine (C=N–C) groups is 1. The molecular weight excluding hydrogens is 475 g/mol. The van der Waals surface area contributed by atoms with Crippen LogP contribution in [0.1, 0.15) is 50.7 Å². The van der Waals surface area contributed by atoms with Crippen molar-refractivity contribution in [2.75, 3.05) is 39.8 Å². The summed E-state index contributed by atoms with van der Waals surface area (Å²) in [7, 11) is 1.87. The van der Waals surface area contributed by atoms with Crippen LogP contribution in [0, 0.1) is 5.92 Å². The van der Waals surface area contributed by atoms with E-state index in [4.69, 9.17) is 4.74 Å². The van der Waals surface area contributed by atoms with Crippen molar-refractivity contribution in [3.05, 3.63) is 35.4 Å². The lowest BCUT2D eigenvalue weighted by atomic mass is 9.99. The molecule has 0 radical (unpaired) electrons. The molecule has 0 spiro atoms. The zero-order valence-corrected chi connectivity index (χ0v) is 20.7. The standard InChI is InChI=1S/C23H38N4O.HI/c1-4-28-22-11-15-27(16-12-22)23(24-3)25-17-20-5-7-21(8-6-20)18-26-13-9-19(2)10-14-26;/h5-8,19,22H,4,9-18H2,1-3H3,(H,24,25);1H. The quantitative estimate of drug-likeness (QED) is 0.353. The number of guanidine groups is 1. The van der Waals surface area contributed by atoms with E-state index < -0.39 is 0 Å². The zero-order valence-electron chi connectivity index (χ0n) is 18.4. The maximum atomic E-state index is 5.75. The molecule has 0 atom stereocenters. The summed E-state index contributed by atoms with van der Waals surface area (Å²) in [5, 5.41) is 3.53. The highest BCUT2D eigenvalue weighted by molar-refractivity contribution is 14.0. The van der Waals surface area contributed by atoms with Crippen molar-refractivity contribution in [1.82, 2.24) is 15.1 Å². The molecule has 1 aromatic carbocycles. The van der Waals surface area contributed by atoms with Crippen LogP contribution in [0.2, 0.25) is 0 Å². The summed E-state index contributed by atoms with van der Waals surface area (Å²) in [6, 6.07) is 9.07. The predicted molar refractivity (Wildman–Crippen MR) is 132 cm³/mol. The Morgan fingerprint density at radius 1 is 1.03 bits per heavy atom. The summed E-state index contributed by atoms with van der Waals surface area (Å²) in [5.41, 5.74) is 2.72. The van der Waals surface area contributed by atoms with Crippen LogP contribution in [-0.4, -0.2) is 61.7 Å². The Kier molecular flexibility index (Phi) is 10.7. The summed E-state index contributed by atoms with van der Waals surface area (Å²) in [6.07, 6.45) is 5.25. The molecule has 2 heterocycles. The lowest BCUT2D eigenvalue weighted by Gasteiger charge is -2.34. The van der Waals surface area contributed by atoms with Gasteiger partial charge in [-0.1, -0.05) is 31.2 Å². The predicted octanol–water partition coefficient (Wildman–Crippen LogP) is 4.11. The van der Waals surface area contributed by atoms with Gasteiger partial charge in [0.2, 0.25) is 0 Å². The molecule has 1 aromatic rings. The first-order valence-corrected chi connectivity index (χ1v) is 11.0. The minimum atomic E-state index is 0. The van der Waals surface area contributed by atoms with E-state index in [-0.39, 0.29) is 24.0 Å². The average Bonchev–Trinajstić information content (AvgIpc) is 2.73. The van der Waals surface area contributed by atoms with Crippen LogP contribution in [0.5, 0.6) is 0 Å². The fraction of sp³-hybridized carbons (Fsp3) is 0.696. The SMILES string of the molecule is CCOC1CCN(C(=NC)NCc2ccc(CN3CCC(C)CC3)cc2)CC1.I. The molecule has 164 valence electrons. The smallest absolute Gasteiger partial charge is 0.193 e. The zero-order chi connectivity index (χ0) is 19.8. The number of nitrogens with zero attached hydrogens (tertiary/aromatic N) is 3. The van der Waals surface area contributed by atoms with Crippen molar-refractivity contribution in [3.63, 3.8) is 0 Å². The van der Waals surface area contributed by atoms with E-state index >= 15 is 0 Å². The van der Waals surface area contributed by atoms with E-state index in [9.17, 15) is 0 Å². The molecule has 2 fully saturated rings. The van der Waals surface area contributed by atoms with Crippen molar-refractivity contribution in [2.24, 2.45) is 10.9 Å². The van der Waals surface area contributed by atoms with E-state index in [0.717, 1.165) is 57.5 Å². The molecular formula is C23H39IN4O. The van der Waals surface area contributed by atoms with Crippen LogP contribution in [0.3, 0.4) is 0 Å². The molecule has 3 rings (SSSR count). The third-order valence-electron chi connectivity index (χ3n) is 6.11. The molecule has 29 heavy (non-hydrogen) atoms. The van der Waals surface area contributed by atoms with Crippen LogP contribution in [0.4, 0.5) is 0 Å². The largest absolute Gasteiger partial charge is 0.378 e. The second-order valence-electron chi connectivity index (χ2n) is 8.32. The van der Waals surface area contributed by atoms with E-state index in [1.807, 2.05) is 7.05 Å². The maximum absolute atomic E-state index is 5.75. The van der Waals surface area contributed by atoms with Gasteiger partial charge in [-0.15, -0.1) is 24.0 Å². The number of rotatable bonds is 6. The molecule has 0 aromatic heterocycles. The van der Waals surface area contributed by atoms with Crippen LogP contribution >= 0.6 is 24.0 Å². The lowest BCUT2D eigenvalue weighted by molar-refractivity contribution is 0.0263. The van der Waals surface area contributed by atoms with Crippen LogP contribution in [0.25, 0.3) is 0 Å². The van der Waals surface area contributed by atoms with Gasteiger partial charge in [0.1, 0.15) is 0 Å². The van der Waals surface area contributed by atoms with Gasteiger partial charge in [-0.3, -0.25) is 9.89 Å². The molecule has 2 aliphatic heterocycles. The number of hydrogen-bond donors (Lipinski definition) is 1. The Hall–Kier alpha value is -0.860. The number of piperidine rings is 2. The highest BCUT2D eigenvalue weighted by Crippen LogP contribution is 2.18. The highest BCUT2D eigenvalue weighted by Gasteiger charge is 2.21. The maximum Gasteiger partial charge on any atom is 0.193 e. The van der Waals surface area contributed by atoms with Gasteiger partial charge in [-0.05, 0) is 62.7 Å². The number of nitrogens with one attached hydrogen (secondary N) is 1. The number of benzene rings is 1. The molecule has 2 saturated heterocycles. The normalized spacial score (nSPS) is 19.8. The van der Waals surface area contributed by atoms with E-state index in [0.29, 0.717) is 6.10 Å². The molecule has 0 aliphatic carbocycles. The highest BCUT2D eigenvalue weighted by atomic mass is 127. The van der Waals surface area contributed by atoms with Gasteiger partial charge in [0.05, 0.1) is 6.10 Å². The van der Waals surface area contributed by atoms with Gasteiger partial charge >= 0.3 is 0 Å². The average molecular weight is 514 g/mol. The first kappa shape index (κ1) is 24.4. The summed E-state index contributed by atoms with van der Waals surface area (Å²) >= 11 is 0. The fourth-order valence-corrected chi connectivity index (χ4v) is 4.22. The van der Waals surface area contributed by atoms with Gasteiger partial charge in [0.25, 0.3) is 0 Å². The van der Waals surface area contributed by atoms with Gasteiger partial charge in [0.15, 0.2) is 5.96 Å². The Morgan fingerprint density at radius 3 is 2.24 bits per heavy atom. The number of halogens is 1. The van der Waals surface area contributed by atoms with Gasteiger partial charge in [-0.2, -0.15) is 0 Å². The van der Waals surface area contributed by atoms with Crippen LogP contribution in [-0.2, 0) is 17.8 Å². The molecule has 5 nitrogen and oxygen atoms in total. The van der Waals surface area contributed by atoms with Gasteiger partial charge in [0, 0.05) is 39.8 Å². The first-order valence-electron chi connectivity index (χ1n) is 11.0. The number of likely N-dealkylation sites (tertiary alicyclic amines) is 2. The summed E-state index contributed by atoms with van der Waals surface area (Å²) in [5.74, 6) is 1.89. The lowest BCUT2D eigenvalue weighted by Crippen LogP contribution is -2.46. The van der Waals surface area contributed by atoms with Crippen molar-refractivity contribution >= 4 is 29.9 Å². The molecule has 0 saturated carbocycles. The van der Waals surface area contributed by atoms with E-state index in [1.54, 1.807) is 0 Å². The van der Waals surface area contributed by atoms with Crippen LogP contribution < -0.4 is 5.32 Å². The van der Waals surface area contributed by atoms with Gasteiger partial charge in [-0.25, -0.2) is 0 Å². The number of ether oxygens (including phenoxy) is 1. The molecule has 0 unspecified atom stereocenters. The van der Waals surface area contributed by atoms with Gasteiger partial charge < -0.3 is 15.0 Å².